The average molecular weight is 329 g/mol. The van der Waals surface area contributed by atoms with Crippen molar-refractivity contribution in [3.8, 4) is 5.75 Å². The Hall–Kier alpha value is -1.88. The van der Waals surface area contributed by atoms with E-state index in [-0.39, 0.29) is 5.75 Å². The van der Waals surface area contributed by atoms with Gasteiger partial charge in [0.25, 0.3) is 15.8 Å². The van der Waals surface area contributed by atoms with E-state index in [0.29, 0.717) is 6.26 Å². The molecule has 1 aromatic rings. The van der Waals surface area contributed by atoms with Crippen LogP contribution in [0.1, 0.15) is 11.7 Å². The molecule has 0 aliphatic carbocycles. The first-order valence-electron chi connectivity index (χ1n) is 5.23. The van der Waals surface area contributed by atoms with Crippen molar-refractivity contribution in [3.05, 3.63) is 33.9 Å². The van der Waals surface area contributed by atoms with Gasteiger partial charge >= 0.3 is 6.18 Å². The third-order valence-corrected chi connectivity index (χ3v) is 2.83. The molecule has 0 radical (unpaired) electrons. The van der Waals surface area contributed by atoms with Crippen LogP contribution >= 0.6 is 0 Å². The van der Waals surface area contributed by atoms with Gasteiger partial charge in [0.15, 0.2) is 0 Å². The maximum Gasteiger partial charge on any atom is 0.420 e. The molecule has 1 aromatic carbocycles. The van der Waals surface area contributed by atoms with Crippen LogP contribution in [0.3, 0.4) is 0 Å². The molecule has 0 spiro atoms. The monoisotopic (exact) mass is 329 g/mol. The fourth-order valence-corrected chi connectivity index (χ4v) is 2.05. The molecule has 0 N–H and O–H groups in total. The van der Waals surface area contributed by atoms with Crippen LogP contribution < -0.4 is 4.74 Å². The number of halogens is 3. The van der Waals surface area contributed by atoms with Crippen molar-refractivity contribution in [2.24, 2.45) is 0 Å². The molecule has 7 nitrogen and oxygen atoms in total. The van der Waals surface area contributed by atoms with Crippen LogP contribution in [0.25, 0.3) is 0 Å². The summed E-state index contributed by atoms with van der Waals surface area (Å²) in [7, 11) is -3.31. The minimum absolute atomic E-state index is 0.0502. The minimum Gasteiger partial charge on any atom is -0.497 e. The minimum atomic E-state index is -5.15. The lowest BCUT2D eigenvalue weighted by molar-refractivity contribution is -0.387. The Bertz CT molecular complexity index is 643. The Balaban J connectivity index is 3.47. The third kappa shape index (κ3) is 4.56. The Morgan fingerprint density at radius 1 is 1.33 bits per heavy atom. The van der Waals surface area contributed by atoms with Crippen LogP contribution in [0, 0.1) is 10.1 Å². The number of hydrogen-bond donors (Lipinski definition) is 0. The summed E-state index contributed by atoms with van der Waals surface area (Å²) < 4.78 is 69.3. The molecule has 0 amide bonds. The summed E-state index contributed by atoms with van der Waals surface area (Å²) in [6, 6.07) is 2.52. The highest BCUT2D eigenvalue weighted by molar-refractivity contribution is 7.86. The van der Waals surface area contributed by atoms with Crippen molar-refractivity contribution < 1.29 is 35.4 Å². The SMILES string of the molecule is COc1ccc(C(OS(C)(=O)=O)C(F)(F)F)c([N+](=O)[O-])c1. The van der Waals surface area contributed by atoms with E-state index in [1.165, 1.54) is 7.11 Å². The normalized spacial score (nSPS) is 13.8. The summed E-state index contributed by atoms with van der Waals surface area (Å²) in [6.07, 6.45) is -7.71. The van der Waals surface area contributed by atoms with Crippen molar-refractivity contribution in [2.45, 2.75) is 12.3 Å². The van der Waals surface area contributed by atoms with Crippen molar-refractivity contribution in [1.29, 1.82) is 0 Å². The molecule has 0 heterocycles. The van der Waals surface area contributed by atoms with Gasteiger partial charge in [0.1, 0.15) is 5.75 Å². The molecule has 1 unspecified atom stereocenters. The van der Waals surface area contributed by atoms with Gasteiger partial charge in [0, 0.05) is 0 Å². The number of nitro benzene ring substituents is 1. The van der Waals surface area contributed by atoms with E-state index in [1.54, 1.807) is 0 Å². The zero-order valence-corrected chi connectivity index (χ0v) is 11.6. The fourth-order valence-electron chi connectivity index (χ4n) is 1.49. The molecule has 0 aliphatic heterocycles. The molecule has 0 bridgehead atoms. The summed E-state index contributed by atoms with van der Waals surface area (Å²) in [5, 5.41) is 10.9. The zero-order valence-electron chi connectivity index (χ0n) is 10.7. The van der Waals surface area contributed by atoms with E-state index in [4.69, 9.17) is 0 Å². The van der Waals surface area contributed by atoms with Gasteiger partial charge in [-0.25, -0.2) is 0 Å². The first-order valence-corrected chi connectivity index (χ1v) is 7.04. The van der Waals surface area contributed by atoms with Crippen molar-refractivity contribution in [1.82, 2.24) is 0 Å². The Labute approximate surface area is 117 Å². The Kier molecular flexibility index (Phi) is 4.79. The molecule has 0 saturated heterocycles. The molecule has 118 valence electrons. The van der Waals surface area contributed by atoms with Crippen LogP contribution in [0.2, 0.25) is 0 Å². The number of alkyl halides is 3. The summed E-state index contributed by atoms with van der Waals surface area (Å²) in [5.41, 5.74) is -1.89. The standard InChI is InChI=1S/C10H10F3NO6S/c1-19-6-3-4-7(8(5-6)14(15)16)9(10(11,12)13)20-21(2,17)18/h3-5,9H,1-2H3. The summed E-state index contributed by atoms with van der Waals surface area (Å²) in [4.78, 5) is 9.78. The first kappa shape index (κ1) is 17.2. The van der Waals surface area contributed by atoms with E-state index >= 15 is 0 Å². The number of nitrogens with zero attached hydrogens (tertiary/aromatic N) is 1. The maximum atomic E-state index is 12.9. The predicted molar refractivity (Wildman–Crippen MR) is 64.4 cm³/mol. The van der Waals surface area contributed by atoms with Crippen LogP contribution in [0.4, 0.5) is 18.9 Å². The van der Waals surface area contributed by atoms with E-state index in [9.17, 15) is 31.7 Å². The van der Waals surface area contributed by atoms with E-state index in [1.807, 2.05) is 0 Å². The molecular formula is C10H10F3NO6S. The van der Waals surface area contributed by atoms with Crippen molar-refractivity contribution in [2.75, 3.05) is 13.4 Å². The molecule has 0 saturated carbocycles. The number of rotatable bonds is 5. The maximum absolute atomic E-state index is 12.9. The highest BCUT2D eigenvalue weighted by Crippen LogP contribution is 2.41. The summed E-state index contributed by atoms with van der Waals surface area (Å²) >= 11 is 0. The second-order valence-corrected chi connectivity index (χ2v) is 5.50. The highest BCUT2D eigenvalue weighted by Gasteiger charge is 2.47. The Morgan fingerprint density at radius 3 is 2.29 bits per heavy atom. The predicted octanol–water partition coefficient (Wildman–Crippen LogP) is 2.18. The molecule has 0 fully saturated rings. The molecule has 21 heavy (non-hydrogen) atoms. The molecule has 1 rings (SSSR count). The number of nitro groups is 1. The molecule has 0 aliphatic rings. The number of methoxy groups -OCH3 is 1. The van der Waals surface area contributed by atoms with Gasteiger partial charge in [-0.2, -0.15) is 21.6 Å². The summed E-state index contributed by atoms with van der Waals surface area (Å²) in [5.74, 6) is -0.0502. The molecular weight excluding hydrogens is 319 g/mol. The lowest BCUT2D eigenvalue weighted by Gasteiger charge is -2.19. The van der Waals surface area contributed by atoms with Gasteiger partial charge in [-0.15, -0.1) is 0 Å². The van der Waals surface area contributed by atoms with Crippen LogP contribution in [-0.2, 0) is 14.3 Å². The number of benzene rings is 1. The molecule has 0 aromatic heterocycles. The Morgan fingerprint density at radius 2 is 1.90 bits per heavy atom. The lowest BCUT2D eigenvalue weighted by atomic mass is 10.1. The van der Waals surface area contributed by atoms with Gasteiger partial charge in [-0.05, 0) is 12.1 Å². The highest BCUT2D eigenvalue weighted by atomic mass is 32.2. The van der Waals surface area contributed by atoms with Gasteiger partial charge < -0.3 is 4.74 Å². The van der Waals surface area contributed by atoms with Gasteiger partial charge in [0.05, 0.1) is 29.9 Å². The van der Waals surface area contributed by atoms with E-state index < -0.39 is 38.6 Å². The second-order valence-electron chi connectivity index (χ2n) is 3.90. The van der Waals surface area contributed by atoms with E-state index in [2.05, 4.69) is 8.92 Å². The van der Waals surface area contributed by atoms with Crippen LogP contribution in [-0.4, -0.2) is 32.9 Å². The average Bonchev–Trinajstić information content (AvgIpc) is 2.33. The first-order chi connectivity index (χ1) is 9.45. The fraction of sp³-hybridized carbons (Fsp3) is 0.400. The van der Waals surface area contributed by atoms with Gasteiger partial charge in [-0.3, -0.25) is 14.3 Å². The topological polar surface area (TPSA) is 95.7 Å². The lowest BCUT2D eigenvalue weighted by Crippen LogP contribution is -2.26. The largest absolute Gasteiger partial charge is 0.497 e. The van der Waals surface area contributed by atoms with Crippen LogP contribution in [0.5, 0.6) is 5.75 Å². The number of hydrogen-bond acceptors (Lipinski definition) is 6. The van der Waals surface area contributed by atoms with E-state index in [0.717, 1.165) is 18.2 Å². The van der Waals surface area contributed by atoms with Crippen molar-refractivity contribution >= 4 is 15.8 Å². The smallest absolute Gasteiger partial charge is 0.420 e. The third-order valence-electron chi connectivity index (χ3n) is 2.29. The van der Waals surface area contributed by atoms with Crippen LogP contribution in [0.15, 0.2) is 18.2 Å². The van der Waals surface area contributed by atoms with Gasteiger partial charge in [-0.1, -0.05) is 0 Å². The quantitative estimate of drug-likeness (QED) is 0.467. The summed E-state index contributed by atoms with van der Waals surface area (Å²) in [6.45, 7) is 0. The molecule has 1 atom stereocenters. The van der Waals surface area contributed by atoms with Crippen molar-refractivity contribution in [3.63, 3.8) is 0 Å². The number of ether oxygens (including phenoxy) is 1. The molecule has 11 heteroatoms. The van der Waals surface area contributed by atoms with Gasteiger partial charge in [0.2, 0.25) is 6.10 Å². The zero-order chi connectivity index (χ0) is 16.4. The second kappa shape index (κ2) is 5.85.